The molecule has 6 nitrogen and oxygen atoms in total. The summed E-state index contributed by atoms with van der Waals surface area (Å²) in [5, 5.41) is 4.64. The third-order valence-electron chi connectivity index (χ3n) is 6.00. The summed E-state index contributed by atoms with van der Waals surface area (Å²) in [6, 6.07) is 34.7. The van der Waals surface area contributed by atoms with Gasteiger partial charge in [-0.1, -0.05) is 84.1 Å². The van der Waals surface area contributed by atoms with Crippen molar-refractivity contribution in [1.29, 1.82) is 0 Å². The van der Waals surface area contributed by atoms with Crippen molar-refractivity contribution < 1.29 is 4.74 Å². The molecule has 180 valence electrons. The van der Waals surface area contributed by atoms with Crippen molar-refractivity contribution in [2.24, 2.45) is 0 Å². The minimum atomic E-state index is -0.171. The molecule has 6 aromatic rings. The number of para-hydroxylation sites is 4. The van der Waals surface area contributed by atoms with Crippen molar-refractivity contribution in [3.63, 3.8) is 0 Å². The molecule has 0 bridgehead atoms. The first-order chi connectivity index (χ1) is 18.2. The van der Waals surface area contributed by atoms with Gasteiger partial charge in [0.15, 0.2) is 11.0 Å². The molecule has 0 aliphatic heterocycles. The normalized spacial score (nSPS) is 10.9. The molecular weight excluding hydrogens is 480 g/mol. The molecule has 6 rings (SSSR count). The Morgan fingerprint density at radius 2 is 1.46 bits per heavy atom. The fraction of sp³-hybridized carbons (Fsp3) is 0.0333. The van der Waals surface area contributed by atoms with Gasteiger partial charge in [-0.25, -0.2) is 9.97 Å². The molecule has 2 heterocycles. The summed E-state index contributed by atoms with van der Waals surface area (Å²) in [5.74, 6) is 1.09. The molecule has 1 N–H and O–H groups in total. The summed E-state index contributed by atoms with van der Waals surface area (Å²) in [7, 11) is 1.60. The lowest BCUT2D eigenvalue weighted by molar-refractivity contribution is 0.412. The maximum absolute atomic E-state index is 14.0. The zero-order valence-corrected chi connectivity index (χ0v) is 20.8. The number of hydrogen-bond donors (Lipinski definition) is 1. The quantitative estimate of drug-likeness (QED) is 0.267. The van der Waals surface area contributed by atoms with E-state index in [0.717, 1.165) is 21.8 Å². The predicted octanol–water partition coefficient (Wildman–Crippen LogP) is 6.93. The van der Waals surface area contributed by atoms with Crippen LogP contribution in [0.15, 0.2) is 114 Å². The van der Waals surface area contributed by atoms with Crippen molar-refractivity contribution >= 4 is 33.1 Å². The van der Waals surface area contributed by atoms with Crippen LogP contribution in [-0.2, 0) is 0 Å². The maximum Gasteiger partial charge on any atom is 0.266 e. The molecule has 0 fully saturated rings. The summed E-state index contributed by atoms with van der Waals surface area (Å²) < 4.78 is 7.28. The standard InChI is InChI=1S/C30H22N4O2S/c1-36-25-19-11-10-18-24(25)34-28(32-23-17-9-8-16-22(23)29(34)35)27-26(20-12-4-2-5-13-20)33-30(37-27)31-21-14-6-3-7-15-21/h2-19H,1H3,(H,31,33). The van der Waals surface area contributed by atoms with E-state index in [0.29, 0.717) is 33.3 Å². The molecule has 7 heteroatoms. The number of nitrogens with one attached hydrogen (secondary N) is 1. The van der Waals surface area contributed by atoms with Gasteiger partial charge < -0.3 is 10.1 Å². The summed E-state index contributed by atoms with van der Waals surface area (Å²) in [6.45, 7) is 0. The van der Waals surface area contributed by atoms with Crippen LogP contribution in [0, 0.1) is 0 Å². The molecular formula is C30H22N4O2S. The number of rotatable bonds is 6. The highest BCUT2D eigenvalue weighted by Gasteiger charge is 2.23. The first-order valence-corrected chi connectivity index (χ1v) is 12.6. The third kappa shape index (κ3) is 4.26. The Morgan fingerprint density at radius 3 is 2.24 bits per heavy atom. The molecule has 0 saturated heterocycles. The molecule has 37 heavy (non-hydrogen) atoms. The largest absolute Gasteiger partial charge is 0.495 e. The Morgan fingerprint density at radius 1 is 0.784 bits per heavy atom. The SMILES string of the molecule is COc1ccccc1-n1c(-c2sc(Nc3ccccc3)nc2-c2ccccc2)nc2ccccc2c1=O. The smallest absolute Gasteiger partial charge is 0.266 e. The van der Waals surface area contributed by atoms with Crippen LogP contribution in [0.3, 0.4) is 0 Å². The number of aromatic nitrogens is 3. The van der Waals surface area contributed by atoms with Gasteiger partial charge in [0.2, 0.25) is 0 Å². The fourth-order valence-corrected chi connectivity index (χ4v) is 5.27. The van der Waals surface area contributed by atoms with Crippen molar-refractivity contribution in [2.75, 3.05) is 12.4 Å². The number of nitrogens with zero attached hydrogens (tertiary/aromatic N) is 3. The van der Waals surface area contributed by atoms with Crippen LogP contribution in [0.2, 0.25) is 0 Å². The van der Waals surface area contributed by atoms with Gasteiger partial charge in [-0.15, -0.1) is 0 Å². The fourth-order valence-electron chi connectivity index (χ4n) is 4.28. The summed E-state index contributed by atoms with van der Waals surface area (Å²) >= 11 is 1.46. The van der Waals surface area contributed by atoms with E-state index < -0.39 is 0 Å². The van der Waals surface area contributed by atoms with Crippen molar-refractivity contribution in [3.05, 3.63) is 120 Å². The minimum absolute atomic E-state index is 0.171. The molecule has 0 amide bonds. The van der Waals surface area contributed by atoms with Gasteiger partial charge >= 0.3 is 0 Å². The topological polar surface area (TPSA) is 69.0 Å². The van der Waals surface area contributed by atoms with Crippen molar-refractivity contribution in [2.45, 2.75) is 0 Å². The van der Waals surface area contributed by atoms with Crippen LogP contribution in [0.25, 0.3) is 38.5 Å². The molecule has 0 unspecified atom stereocenters. The highest BCUT2D eigenvalue weighted by atomic mass is 32.1. The number of methoxy groups -OCH3 is 1. The van der Waals surface area contributed by atoms with E-state index in [1.807, 2.05) is 103 Å². The monoisotopic (exact) mass is 502 g/mol. The number of ether oxygens (including phenoxy) is 1. The van der Waals surface area contributed by atoms with Gasteiger partial charge in [0.25, 0.3) is 5.56 Å². The second-order valence-electron chi connectivity index (χ2n) is 8.32. The molecule has 0 aliphatic carbocycles. The lowest BCUT2D eigenvalue weighted by Gasteiger charge is -2.16. The van der Waals surface area contributed by atoms with E-state index in [4.69, 9.17) is 14.7 Å². The van der Waals surface area contributed by atoms with E-state index in [2.05, 4.69) is 5.32 Å². The van der Waals surface area contributed by atoms with E-state index in [1.54, 1.807) is 17.7 Å². The number of hydrogen-bond acceptors (Lipinski definition) is 6. The molecule has 0 aliphatic rings. The highest BCUT2D eigenvalue weighted by Crippen LogP contribution is 2.40. The Balaban J connectivity index is 1.66. The molecule has 0 spiro atoms. The molecule has 0 radical (unpaired) electrons. The Kier molecular flexibility index (Phi) is 5.96. The average molecular weight is 503 g/mol. The van der Waals surface area contributed by atoms with E-state index in [9.17, 15) is 4.79 Å². The Hall–Kier alpha value is -4.75. The van der Waals surface area contributed by atoms with E-state index >= 15 is 0 Å². The van der Waals surface area contributed by atoms with Gasteiger partial charge in [-0.3, -0.25) is 9.36 Å². The molecule has 0 saturated carbocycles. The van der Waals surface area contributed by atoms with Gasteiger partial charge in [-0.05, 0) is 36.4 Å². The predicted molar refractivity (Wildman–Crippen MR) is 150 cm³/mol. The van der Waals surface area contributed by atoms with Crippen LogP contribution in [0.4, 0.5) is 10.8 Å². The zero-order valence-electron chi connectivity index (χ0n) is 20.0. The van der Waals surface area contributed by atoms with Crippen LogP contribution in [0.1, 0.15) is 0 Å². The maximum atomic E-state index is 14.0. The van der Waals surface area contributed by atoms with E-state index in [1.165, 1.54) is 11.3 Å². The lowest BCUT2D eigenvalue weighted by atomic mass is 10.1. The third-order valence-corrected chi connectivity index (χ3v) is 6.97. The summed E-state index contributed by atoms with van der Waals surface area (Å²) in [6.07, 6.45) is 0. The lowest BCUT2D eigenvalue weighted by Crippen LogP contribution is -2.22. The van der Waals surface area contributed by atoms with Crippen LogP contribution in [0.5, 0.6) is 5.75 Å². The summed E-state index contributed by atoms with van der Waals surface area (Å²) in [5.41, 5.74) is 3.68. The van der Waals surface area contributed by atoms with Crippen molar-refractivity contribution in [3.8, 4) is 33.4 Å². The zero-order chi connectivity index (χ0) is 25.2. The first-order valence-electron chi connectivity index (χ1n) is 11.8. The minimum Gasteiger partial charge on any atom is -0.495 e. The number of benzene rings is 4. The number of fused-ring (bicyclic) bond motifs is 1. The van der Waals surface area contributed by atoms with Gasteiger partial charge in [0.1, 0.15) is 10.6 Å². The molecule has 4 aromatic carbocycles. The second kappa shape index (κ2) is 9.72. The highest BCUT2D eigenvalue weighted by molar-refractivity contribution is 7.19. The first kappa shape index (κ1) is 22.7. The Bertz CT molecular complexity index is 1760. The Labute approximate surface area is 217 Å². The molecule has 2 aromatic heterocycles. The number of anilines is 2. The second-order valence-corrected chi connectivity index (χ2v) is 9.32. The van der Waals surface area contributed by atoms with Gasteiger partial charge in [0, 0.05) is 11.3 Å². The van der Waals surface area contributed by atoms with Crippen LogP contribution >= 0.6 is 11.3 Å². The van der Waals surface area contributed by atoms with Gasteiger partial charge in [-0.2, -0.15) is 0 Å². The van der Waals surface area contributed by atoms with Gasteiger partial charge in [0.05, 0.1) is 29.4 Å². The van der Waals surface area contributed by atoms with Crippen LogP contribution in [-0.4, -0.2) is 21.6 Å². The van der Waals surface area contributed by atoms with Crippen molar-refractivity contribution in [1.82, 2.24) is 14.5 Å². The summed E-state index contributed by atoms with van der Waals surface area (Å²) in [4.78, 5) is 24.7. The average Bonchev–Trinajstić information content (AvgIpc) is 3.37. The molecule has 0 atom stereocenters. The van der Waals surface area contributed by atoms with Crippen LogP contribution < -0.4 is 15.6 Å². The number of thiazole rings is 1. The van der Waals surface area contributed by atoms with E-state index in [-0.39, 0.29) is 5.56 Å².